The Morgan fingerprint density at radius 3 is 2.40 bits per heavy atom. The fraction of sp³-hybridized carbons (Fsp3) is 0.639. The average Bonchev–Trinajstić information content (AvgIpc) is 3.68. The molecule has 0 spiro atoms. The lowest BCUT2D eigenvalue weighted by Gasteiger charge is -2.63. The van der Waals surface area contributed by atoms with Crippen LogP contribution in [0.4, 0.5) is 0 Å². The van der Waals surface area contributed by atoms with Crippen LogP contribution in [0.15, 0.2) is 45.8 Å². The minimum Gasteiger partial charge on any atom is -0.472 e. The Balaban J connectivity index is 1.66. The van der Waals surface area contributed by atoms with Gasteiger partial charge in [-0.2, -0.15) is 0 Å². The van der Waals surface area contributed by atoms with Gasteiger partial charge in [0.2, 0.25) is 11.4 Å². The monoisotopic (exact) mass is 652 g/mol. The highest BCUT2D eigenvalue weighted by molar-refractivity contribution is 6.12. The highest BCUT2D eigenvalue weighted by atomic mass is 16.6. The topological polar surface area (TPSA) is 156 Å². The summed E-state index contributed by atoms with van der Waals surface area (Å²) in [5.41, 5.74) is -6.09. The molecule has 6 rings (SSSR count). The van der Waals surface area contributed by atoms with E-state index in [-0.39, 0.29) is 18.4 Å². The Kier molecular flexibility index (Phi) is 7.51. The number of Topliss-reactive ketones (excluding diaryl/α,β-unsaturated/α-hetero) is 1. The summed E-state index contributed by atoms with van der Waals surface area (Å²) in [4.78, 5) is 68.7. The zero-order chi connectivity index (χ0) is 34.5. The van der Waals surface area contributed by atoms with Gasteiger partial charge in [-0.05, 0) is 42.4 Å². The van der Waals surface area contributed by atoms with Crippen LogP contribution in [-0.4, -0.2) is 59.2 Å². The van der Waals surface area contributed by atoms with E-state index in [1.807, 2.05) is 20.8 Å². The van der Waals surface area contributed by atoms with Gasteiger partial charge in [-0.3, -0.25) is 19.2 Å². The summed E-state index contributed by atoms with van der Waals surface area (Å²) in [7, 11) is 1.28. The van der Waals surface area contributed by atoms with E-state index in [1.54, 1.807) is 33.8 Å². The Hall–Kier alpha value is -3.73. The summed E-state index contributed by atoms with van der Waals surface area (Å²) >= 11 is 0. The average molecular weight is 653 g/mol. The molecule has 2 saturated carbocycles. The highest BCUT2D eigenvalue weighted by Crippen LogP contribution is 2.80. The lowest BCUT2D eigenvalue weighted by atomic mass is 9.43. The number of ether oxygens (including phenoxy) is 4. The number of carbonyl (C=O) groups is 5. The van der Waals surface area contributed by atoms with Crippen molar-refractivity contribution in [3.8, 4) is 0 Å². The number of esters is 4. The van der Waals surface area contributed by atoms with E-state index in [9.17, 15) is 24.3 Å². The maximum Gasteiger partial charge on any atom is 0.331 e. The quantitative estimate of drug-likeness (QED) is 0.306. The number of hydrogen-bond donors (Lipinski definition) is 1. The maximum absolute atomic E-state index is 15.3. The van der Waals surface area contributed by atoms with Crippen LogP contribution in [0, 0.1) is 34.0 Å². The number of methoxy groups -OCH3 is 1. The van der Waals surface area contributed by atoms with Crippen molar-refractivity contribution in [1.29, 1.82) is 0 Å². The van der Waals surface area contributed by atoms with Gasteiger partial charge >= 0.3 is 23.9 Å². The molecule has 9 atom stereocenters. The molecule has 5 aliphatic rings. The second kappa shape index (κ2) is 10.6. The van der Waals surface area contributed by atoms with Crippen molar-refractivity contribution in [3.05, 3.63) is 47.0 Å². The van der Waals surface area contributed by atoms with Crippen molar-refractivity contribution in [2.75, 3.05) is 7.11 Å². The molecule has 1 aromatic heterocycles. The molecule has 0 saturated heterocycles. The number of aliphatic hydroxyl groups is 1. The first-order valence-electron chi connectivity index (χ1n) is 16.4. The zero-order valence-electron chi connectivity index (χ0n) is 28.3. The molecule has 1 aromatic rings. The standard InChI is InChI=1S/C36H44O11/c1-9-19(4)30(41)47-35-17-33(6)23(15-24(37)43-8)34(35,7)21-10-12-32(5)22(14-25(38)45-28(32)20-11-13-44-16-20)26(21)27(39)36(35,42)31(33)46-29(40)18(2)3/h11,13-14,16,18-19,23,28,31,42H,9-10,12,15,17H2,1-8H3/t19-,23-,28-,31-,32+,33-,34+,35+,36+/m0/s1. The third-order valence-corrected chi connectivity index (χ3v) is 12.4. The third kappa shape index (κ3) is 4.04. The van der Waals surface area contributed by atoms with E-state index in [1.165, 1.54) is 25.7 Å². The molecule has 0 aromatic carbocycles. The molecule has 11 nitrogen and oxygen atoms in total. The van der Waals surface area contributed by atoms with Crippen LogP contribution in [0.3, 0.4) is 0 Å². The van der Waals surface area contributed by atoms with Gasteiger partial charge in [0.15, 0.2) is 5.60 Å². The van der Waals surface area contributed by atoms with Crippen molar-refractivity contribution in [1.82, 2.24) is 0 Å². The number of hydrogen-bond acceptors (Lipinski definition) is 11. The predicted octanol–water partition coefficient (Wildman–Crippen LogP) is 4.72. The molecule has 11 heteroatoms. The number of rotatable bonds is 8. The van der Waals surface area contributed by atoms with Crippen molar-refractivity contribution in [2.24, 2.45) is 34.0 Å². The van der Waals surface area contributed by atoms with Crippen LogP contribution in [-0.2, 0) is 42.9 Å². The van der Waals surface area contributed by atoms with E-state index in [0.717, 1.165) is 0 Å². The van der Waals surface area contributed by atoms with E-state index in [0.29, 0.717) is 36.0 Å². The molecule has 0 radical (unpaired) electrons. The summed E-state index contributed by atoms with van der Waals surface area (Å²) in [6, 6.07) is 1.70. The van der Waals surface area contributed by atoms with Gasteiger partial charge in [-0.15, -0.1) is 0 Å². The fourth-order valence-electron chi connectivity index (χ4n) is 9.68. The molecular weight excluding hydrogens is 608 g/mol. The van der Waals surface area contributed by atoms with Gasteiger partial charge in [-0.1, -0.05) is 48.5 Å². The molecule has 2 bridgehead atoms. The molecule has 0 unspecified atom stereocenters. The lowest BCUT2D eigenvalue weighted by molar-refractivity contribution is -0.260. The summed E-state index contributed by atoms with van der Waals surface area (Å²) in [5.74, 6) is -5.10. The van der Waals surface area contributed by atoms with Crippen LogP contribution < -0.4 is 0 Å². The Bertz CT molecular complexity index is 1620. The van der Waals surface area contributed by atoms with Gasteiger partial charge in [0.05, 0.1) is 31.5 Å². The maximum atomic E-state index is 15.3. The molecule has 1 N–H and O–H groups in total. The fourth-order valence-corrected chi connectivity index (χ4v) is 9.68. The first-order chi connectivity index (χ1) is 22.0. The SMILES string of the molecule is CC[C@H](C)C(=O)O[C@@]12C[C@]3(C)[C@H](OC(=O)C(C)C)[C@]1(O)C(=O)C1=C(CC[C@]4(C)C1=CC(=O)O[C@H]4c1ccoc1)[C@]2(C)[C@H]3CC(=O)OC. The van der Waals surface area contributed by atoms with E-state index in [2.05, 4.69) is 0 Å². The molecule has 2 heterocycles. The lowest BCUT2D eigenvalue weighted by Crippen LogP contribution is -2.77. The van der Waals surface area contributed by atoms with Crippen LogP contribution >= 0.6 is 0 Å². The molecule has 0 amide bonds. The Morgan fingerprint density at radius 2 is 1.81 bits per heavy atom. The molecule has 2 fully saturated rings. The van der Waals surface area contributed by atoms with Gasteiger partial charge < -0.3 is 28.5 Å². The largest absolute Gasteiger partial charge is 0.472 e. The highest BCUT2D eigenvalue weighted by Gasteiger charge is 2.91. The summed E-state index contributed by atoms with van der Waals surface area (Å²) in [5, 5.41) is 13.2. The minimum absolute atomic E-state index is 0.0363. The number of furan rings is 1. The van der Waals surface area contributed by atoms with Crippen LogP contribution in [0.5, 0.6) is 0 Å². The van der Waals surface area contributed by atoms with Crippen molar-refractivity contribution >= 4 is 29.7 Å². The zero-order valence-corrected chi connectivity index (χ0v) is 28.3. The second-order valence-corrected chi connectivity index (χ2v) is 15.0. The summed E-state index contributed by atoms with van der Waals surface area (Å²) in [6.45, 7) is 12.3. The van der Waals surface area contributed by atoms with E-state index < -0.39 is 87.1 Å². The van der Waals surface area contributed by atoms with Gasteiger partial charge in [0, 0.05) is 46.3 Å². The van der Waals surface area contributed by atoms with E-state index >= 15 is 4.79 Å². The minimum atomic E-state index is -2.54. The first-order valence-corrected chi connectivity index (χ1v) is 16.4. The molecule has 1 aliphatic heterocycles. The Labute approximate surface area is 274 Å². The van der Waals surface area contributed by atoms with Crippen molar-refractivity contribution < 1.29 is 52.4 Å². The summed E-state index contributed by atoms with van der Waals surface area (Å²) < 4.78 is 28.9. The molecule has 254 valence electrons. The normalized spacial score (nSPS) is 39.1. The van der Waals surface area contributed by atoms with Crippen molar-refractivity contribution in [2.45, 2.75) is 104 Å². The second-order valence-electron chi connectivity index (χ2n) is 15.0. The molecule has 4 aliphatic carbocycles. The molecular formula is C36H44O11. The number of cyclic esters (lactones) is 1. The van der Waals surface area contributed by atoms with Crippen LogP contribution in [0.25, 0.3) is 0 Å². The van der Waals surface area contributed by atoms with Gasteiger partial charge in [-0.25, -0.2) is 4.79 Å². The first kappa shape index (κ1) is 33.2. The smallest absolute Gasteiger partial charge is 0.331 e. The van der Waals surface area contributed by atoms with E-state index in [4.69, 9.17) is 23.4 Å². The van der Waals surface area contributed by atoms with Gasteiger partial charge in [0.25, 0.3) is 0 Å². The van der Waals surface area contributed by atoms with Crippen LogP contribution in [0.1, 0.15) is 92.2 Å². The van der Waals surface area contributed by atoms with Crippen LogP contribution in [0.2, 0.25) is 0 Å². The number of ketones is 1. The van der Waals surface area contributed by atoms with Gasteiger partial charge in [0.1, 0.15) is 12.2 Å². The van der Waals surface area contributed by atoms with Crippen molar-refractivity contribution in [3.63, 3.8) is 0 Å². The predicted molar refractivity (Wildman–Crippen MR) is 164 cm³/mol. The molecule has 47 heavy (non-hydrogen) atoms. The third-order valence-electron chi connectivity index (χ3n) is 12.4. The number of carbonyl (C=O) groups excluding carboxylic acids is 5. The number of fused-ring (bicyclic) bond motifs is 4. The Morgan fingerprint density at radius 1 is 1.11 bits per heavy atom. The summed E-state index contributed by atoms with van der Waals surface area (Å²) in [6.07, 6.45) is 3.02.